The molecule has 1 aromatic rings. The van der Waals surface area contributed by atoms with Gasteiger partial charge in [-0.25, -0.2) is 0 Å². The van der Waals surface area contributed by atoms with E-state index in [0.717, 1.165) is 67.5 Å². The predicted molar refractivity (Wildman–Crippen MR) is 92.9 cm³/mol. The lowest BCUT2D eigenvalue weighted by Gasteiger charge is -2.13. The van der Waals surface area contributed by atoms with Crippen molar-refractivity contribution in [2.45, 2.75) is 39.0 Å². The lowest BCUT2D eigenvalue weighted by molar-refractivity contribution is 0.293. The highest BCUT2D eigenvalue weighted by Gasteiger charge is 2.05. The minimum absolute atomic E-state index is 0.764. The van der Waals surface area contributed by atoms with Gasteiger partial charge in [-0.15, -0.1) is 0 Å². The minimum atomic E-state index is 0.764. The van der Waals surface area contributed by atoms with Crippen LogP contribution in [0.25, 0.3) is 0 Å². The summed E-state index contributed by atoms with van der Waals surface area (Å²) in [7, 11) is 0. The summed E-state index contributed by atoms with van der Waals surface area (Å²) in [5.74, 6) is 1.88. The van der Waals surface area contributed by atoms with Crippen molar-refractivity contribution >= 4 is 31.9 Å². The van der Waals surface area contributed by atoms with Gasteiger partial charge in [0.25, 0.3) is 0 Å². The topological polar surface area (TPSA) is 18.5 Å². The maximum absolute atomic E-state index is 5.89. The number of unbranched alkanes of at least 4 members (excludes halogenated alkanes) is 2. The molecule has 114 valence electrons. The van der Waals surface area contributed by atoms with E-state index in [1.54, 1.807) is 0 Å². The van der Waals surface area contributed by atoms with E-state index in [0.29, 0.717) is 0 Å². The number of ether oxygens (including phenoxy) is 2. The number of hydrogen-bond acceptors (Lipinski definition) is 2. The van der Waals surface area contributed by atoms with Gasteiger partial charge in [-0.2, -0.15) is 0 Å². The number of alkyl halides is 2. The van der Waals surface area contributed by atoms with Gasteiger partial charge in [-0.1, -0.05) is 44.8 Å². The van der Waals surface area contributed by atoms with Crippen molar-refractivity contribution in [1.29, 1.82) is 0 Å². The Morgan fingerprint density at radius 3 is 2.15 bits per heavy atom. The van der Waals surface area contributed by atoms with Crippen molar-refractivity contribution in [2.24, 2.45) is 0 Å². The molecule has 0 aliphatic carbocycles. The largest absolute Gasteiger partial charge is 0.493 e. The quantitative estimate of drug-likeness (QED) is 0.363. The van der Waals surface area contributed by atoms with E-state index >= 15 is 0 Å². The van der Waals surface area contributed by atoms with Crippen molar-refractivity contribution < 1.29 is 9.47 Å². The monoisotopic (exact) mass is 406 g/mol. The van der Waals surface area contributed by atoms with Gasteiger partial charge in [-0.05, 0) is 43.7 Å². The molecule has 1 aromatic carbocycles. The smallest absolute Gasteiger partial charge is 0.126 e. The zero-order valence-corrected chi connectivity index (χ0v) is 15.3. The second-order valence-corrected chi connectivity index (χ2v) is 6.20. The highest BCUT2D eigenvalue weighted by molar-refractivity contribution is 9.09. The number of hydrogen-bond donors (Lipinski definition) is 0. The molecule has 0 heterocycles. The molecule has 0 saturated heterocycles. The van der Waals surface area contributed by atoms with Crippen LogP contribution in [0.5, 0.6) is 11.5 Å². The Labute approximate surface area is 139 Å². The molecule has 1 rings (SSSR count). The first-order chi connectivity index (χ1) is 9.81. The fourth-order valence-corrected chi connectivity index (χ4v) is 2.61. The fraction of sp³-hybridized carbons (Fsp3) is 0.625. The van der Waals surface area contributed by atoms with Crippen LogP contribution in [0.15, 0.2) is 18.2 Å². The molecule has 0 radical (unpaired) electrons. The fourth-order valence-electron chi connectivity index (χ4n) is 1.82. The van der Waals surface area contributed by atoms with Crippen LogP contribution in [0.2, 0.25) is 0 Å². The minimum Gasteiger partial charge on any atom is -0.493 e. The Bertz CT molecular complexity index is 369. The predicted octanol–water partition coefficient (Wildman–Crippen LogP) is 5.36. The second-order valence-electron chi connectivity index (χ2n) is 4.61. The Hall–Kier alpha value is -0.220. The van der Waals surface area contributed by atoms with Gasteiger partial charge in [0.2, 0.25) is 0 Å². The van der Waals surface area contributed by atoms with E-state index in [4.69, 9.17) is 9.47 Å². The third-order valence-corrected chi connectivity index (χ3v) is 4.12. The van der Waals surface area contributed by atoms with Gasteiger partial charge in [0.15, 0.2) is 0 Å². The van der Waals surface area contributed by atoms with E-state index in [2.05, 4.69) is 44.8 Å². The molecule has 0 amide bonds. The van der Waals surface area contributed by atoms with E-state index in [1.807, 2.05) is 12.1 Å². The normalized spacial score (nSPS) is 10.6. The van der Waals surface area contributed by atoms with Crippen LogP contribution in [0.3, 0.4) is 0 Å². The highest BCUT2D eigenvalue weighted by atomic mass is 79.9. The molecule has 0 unspecified atom stereocenters. The zero-order chi connectivity index (χ0) is 14.6. The lowest BCUT2D eigenvalue weighted by atomic mass is 10.1. The summed E-state index contributed by atoms with van der Waals surface area (Å²) in [5, 5.41) is 2.07. The highest BCUT2D eigenvalue weighted by Crippen LogP contribution is 2.26. The molecular formula is C16H24Br2O2. The molecule has 0 aromatic heterocycles. The third-order valence-electron chi connectivity index (χ3n) is 3.00. The Morgan fingerprint density at radius 1 is 0.900 bits per heavy atom. The molecule has 0 fully saturated rings. The van der Waals surface area contributed by atoms with Crippen LogP contribution in [0, 0.1) is 0 Å². The standard InChI is InChI=1S/C16H24Br2O2/c1-2-14-7-8-15(19-11-5-3-9-17)13-16(14)20-12-6-4-10-18/h7-8,13H,2-6,9-12H2,1H3. The van der Waals surface area contributed by atoms with Crippen molar-refractivity contribution in [3.63, 3.8) is 0 Å². The van der Waals surface area contributed by atoms with Crippen LogP contribution >= 0.6 is 31.9 Å². The Kier molecular flexibility index (Phi) is 10.2. The molecule has 0 aliphatic heterocycles. The molecule has 4 heteroatoms. The first-order valence-corrected chi connectivity index (χ1v) is 9.56. The van der Waals surface area contributed by atoms with Gasteiger partial charge < -0.3 is 9.47 Å². The lowest BCUT2D eigenvalue weighted by Crippen LogP contribution is -2.02. The zero-order valence-electron chi connectivity index (χ0n) is 12.2. The molecule has 0 bridgehead atoms. The summed E-state index contributed by atoms with van der Waals surface area (Å²) in [6.07, 6.45) is 5.41. The first kappa shape index (κ1) is 17.8. The number of rotatable bonds is 11. The van der Waals surface area contributed by atoms with Crippen molar-refractivity contribution in [3.05, 3.63) is 23.8 Å². The SMILES string of the molecule is CCc1ccc(OCCCCBr)cc1OCCCCBr. The summed E-state index contributed by atoms with van der Waals surface area (Å²) in [6.45, 7) is 3.68. The van der Waals surface area contributed by atoms with Gasteiger partial charge in [0.1, 0.15) is 11.5 Å². The molecule has 0 atom stereocenters. The summed E-state index contributed by atoms with van der Waals surface area (Å²) < 4.78 is 11.7. The van der Waals surface area contributed by atoms with E-state index in [1.165, 1.54) is 5.56 Å². The van der Waals surface area contributed by atoms with Gasteiger partial charge >= 0.3 is 0 Å². The van der Waals surface area contributed by atoms with Gasteiger partial charge in [-0.3, -0.25) is 0 Å². The summed E-state index contributed by atoms with van der Waals surface area (Å²) in [5.41, 5.74) is 1.25. The Morgan fingerprint density at radius 2 is 1.55 bits per heavy atom. The van der Waals surface area contributed by atoms with Gasteiger partial charge in [0, 0.05) is 16.7 Å². The van der Waals surface area contributed by atoms with Crippen LogP contribution in [-0.4, -0.2) is 23.9 Å². The molecule has 2 nitrogen and oxygen atoms in total. The number of aryl methyl sites for hydroxylation is 1. The number of halogens is 2. The average molecular weight is 408 g/mol. The summed E-state index contributed by atoms with van der Waals surface area (Å²) in [4.78, 5) is 0. The van der Waals surface area contributed by atoms with Crippen molar-refractivity contribution in [1.82, 2.24) is 0 Å². The first-order valence-electron chi connectivity index (χ1n) is 7.32. The molecular weight excluding hydrogens is 384 g/mol. The number of benzene rings is 1. The van der Waals surface area contributed by atoms with Crippen LogP contribution in [0.1, 0.15) is 38.2 Å². The summed E-state index contributed by atoms with van der Waals surface area (Å²) >= 11 is 6.87. The molecule has 0 aliphatic rings. The van der Waals surface area contributed by atoms with Crippen LogP contribution in [-0.2, 0) is 6.42 Å². The maximum Gasteiger partial charge on any atom is 0.126 e. The molecule has 0 N–H and O–H groups in total. The van der Waals surface area contributed by atoms with Crippen molar-refractivity contribution in [2.75, 3.05) is 23.9 Å². The van der Waals surface area contributed by atoms with Crippen LogP contribution < -0.4 is 9.47 Å². The van der Waals surface area contributed by atoms with Crippen molar-refractivity contribution in [3.8, 4) is 11.5 Å². The summed E-state index contributed by atoms with van der Waals surface area (Å²) in [6, 6.07) is 6.18. The third kappa shape index (κ3) is 6.98. The maximum atomic E-state index is 5.89. The second kappa shape index (κ2) is 11.4. The molecule has 0 saturated carbocycles. The average Bonchev–Trinajstić information content (AvgIpc) is 2.48. The van der Waals surface area contributed by atoms with Crippen LogP contribution in [0.4, 0.5) is 0 Å². The molecule has 20 heavy (non-hydrogen) atoms. The molecule has 0 spiro atoms. The van der Waals surface area contributed by atoms with E-state index in [9.17, 15) is 0 Å². The van der Waals surface area contributed by atoms with E-state index in [-0.39, 0.29) is 0 Å². The van der Waals surface area contributed by atoms with Gasteiger partial charge in [0.05, 0.1) is 13.2 Å². The van der Waals surface area contributed by atoms with E-state index < -0.39 is 0 Å². The Balaban J connectivity index is 2.51.